The van der Waals surface area contributed by atoms with E-state index in [0.717, 1.165) is 25.6 Å². The normalized spacial score (nSPS) is 20.7. The van der Waals surface area contributed by atoms with Gasteiger partial charge in [-0.05, 0) is 50.1 Å². The summed E-state index contributed by atoms with van der Waals surface area (Å²) in [5.74, 6) is 1.55. The maximum Gasteiger partial charge on any atom is 0.191 e. The molecule has 0 radical (unpaired) electrons. The first-order chi connectivity index (χ1) is 12.4. The second-order valence-corrected chi connectivity index (χ2v) is 10.5. The molecule has 0 aliphatic carbocycles. The minimum absolute atomic E-state index is 0.0672. The molecule has 8 heteroatoms. The van der Waals surface area contributed by atoms with Crippen molar-refractivity contribution in [3.63, 3.8) is 0 Å². The fourth-order valence-electron chi connectivity index (χ4n) is 3.22. The van der Waals surface area contributed by atoms with Gasteiger partial charge in [-0.15, -0.1) is 11.3 Å². The molecule has 26 heavy (non-hydrogen) atoms. The molecule has 1 aromatic heterocycles. The summed E-state index contributed by atoms with van der Waals surface area (Å²) >= 11 is 1.82. The van der Waals surface area contributed by atoms with Crippen LogP contribution in [0.1, 0.15) is 31.1 Å². The largest absolute Gasteiger partial charge is 0.356 e. The summed E-state index contributed by atoms with van der Waals surface area (Å²) in [6, 6.07) is 4.39. The molecule has 1 aliphatic rings. The Morgan fingerprint density at radius 3 is 2.96 bits per heavy atom. The molecule has 1 saturated heterocycles. The van der Waals surface area contributed by atoms with E-state index in [4.69, 9.17) is 0 Å². The number of piperidine rings is 1. The number of aliphatic imine (C=N–C) groups is 1. The Morgan fingerprint density at radius 1 is 1.50 bits per heavy atom. The van der Waals surface area contributed by atoms with E-state index in [2.05, 4.69) is 38.0 Å². The van der Waals surface area contributed by atoms with E-state index in [1.54, 1.807) is 7.05 Å². The number of nitrogens with zero attached hydrogens (tertiary/aromatic N) is 2. The predicted octanol–water partition coefficient (Wildman–Crippen LogP) is 1.95. The average molecular weight is 401 g/mol. The van der Waals surface area contributed by atoms with E-state index in [1.165, 1.54) is 30.5 Å². The summed E-state index contributed by atoms with van der Waals surface area (Å²) < 4.78 is 22.6. The molecule has 148 valence electrons. The minimum Gasteiger partial charge on any atom is -0.356 e. The Balaban J connectivity index is 1.73. The van der Waals surface area contributed by atoms with Gasteiger partial charge < -0.3 is 10.6 Å². The summed E-state index contributed by atoms with van der Waals surface area (Å²) in [5.41, 5.74) is 0. The highest BCUT2D eigenvalue weighted by molar-refractivity contribution is 7.90. The standard InChI is InChI=1S/C18H32N4O2S2/c1-15(8-11-26(3,23)24)21-18(19-2)20-12-16-6-4-9-22(13-16)14-17-7-5-10-25-17/h5,7,10,15-16H,4,6,8-9,11-14H2,1-3H3,(H2,19,20,21). The summed E-state index contributed by atoms with van der Waals surface area (Å²) in [4.78, 5) is 8.23. The lowest BCUT2D eigenvalue weighted by atomic mass is 9.98. The molecular formula is C18H32N4O2S2. The van der Waals surface area contributed by atoms with Crippen LogP contribution in [0, 0.1) is 5.92 Å². The first-order valence-electron chi connectivity index (χ1n) is 9.25. The molecule has 6 nitrogen and oxygen atoms in total. The molecule has 1 aromatic rings. The van der Waals surface area contributed by atoms with Crippen molar-refractivity contribution < 1.29 is 8.42 Å². The van der Waals surface area contributed by atoms with Crippen LogP contribution in [0.15, 0.2) is 22.5 Å². The fraction of sp³-hybridized carbons (Fsp3) is 0.722. The van der Waals surface area contributed by atoms with Crippen molar-refractivity contribution in [2.24, 2.45) is 10.9 Å². The van der Waals surface area contributed by atoms with Gasteiger partial charge in [0.15, 0.2) is 5.96 Å². The van der Waals surface area contributed by atoms with Gasteiger partial charge >= 0.3 is 0 Å². The minimum atomic E-state index is -2.92. The molecule has 2 atom stereocenters. The van der Waals surface area contributed by atoms with Crippen LogP contribution < -0.4 is 10.6 Å². The molecule has 0 aromatic carbocycles. The zero-order valence-electron chi connectivity index (χ0n) is 16.1. The molecule has 2 unspecified atom stereocenters. The Kier molecular flexibility index (Phi) is 8.37. The van der Waals surface area contributed by atoms with E-state index in [0.29, 0.717) is 12.3 Å². The number of likely N-dealkylation sites (tertiary alicyclic amines) is 1. The van der Waals surface area contributed by atoms with Gasteiger partial charge in [0.2, 0.25) is 0 Å². The van der Waals surface area contributed by atoms with Crippen molar-refractivity contribution in [3.05, 3.63) is 22.4 Å². The maximum atomic E-state index is 11.3. The van der Waals surface area contributed by atoms with E-state index in [1.807, 2.05) is 18.3 Å². The Labute approximate surface area is 162 Å². The highest BCUT2D eigenvalue weighted by Gasteiger charge is 2.20. The molecular weight excluding hydrogens is 368 g/mol. The van der Waals surface area contributed by atoms with Crippen LogP contribution in [-0.2, 0) is 16.4 Å². The zero-order valence-corrected chi connectivity index (χ0v) is 17.7. The lowest BCUT2D eigenvalue weighted by molar-refractivity contribution is 0.169. The summed E-state index contributed by atoms with van der Waals surface area (Å²) in [6.07, 6.45) is 4.32. The van der Waals surface area contributed by atoms with Crippen molar-refractivity contribution >= 4 is 27.1 Å². The molecule has 2 N–H and O–H groups in total. The number of hydrogen-bond acceptors (Lipinski definition) is 5. The van der Waals surface area contributed by atoms with Crippen LogP contribution in [0.25, 0.3) is 0 Å². The van der Waals surface area contributed by atoms with Gasteiger partial charge in [-0.25, -0.2) is 8.42 Å². The van der Waals surface area contributed by atoms with Crippen LogP contribution in [-0.4, -0.2) is 64.0 Å². The maximum absolute atomic E-state index is 11.3. The van der Waals surface area contributed by atoms with E-state index in [-0.39, 0.29) is 11.8 Å². The van der Waals surface area contributed by atoms with Crippen molar-refractivity contribution in [3.8, 4) is 0 Å². The van der Waals surface area contributed by atoms with Crippen LogP contribution in [0.5, 0.6) is 0 Å². The Bertz CT molecular complexity index is 659. The average Bonchev–Trinajstić information content (AvgIpc) is 3.09. The third-order valence-electron chi connectivity index (χ3n) is 4.65. The quantitative estimate of drug-likeness (QED) is 0.515. The van der Waals surface area contributed by atoms with Crippen LogP contribution in [0.3, 0.4) is 0 Å². The number of rotatable bonds is 8. The van der Waals surface area contributed by atoms with Gasteiger partial charge in [0.25, 0.3) is 0 Å². The summed E-state index contributed by atoms with van der Waals surface area (Å²) in [6.45, 7) is 6.19. The second-order valence-electron chi connectivity index (χ2n) is 7.24. The third-order valence-corrected chi connectivity index (χ3v) is 6.49. The van der Waals surface area contributed by atoms with E-state index < -0.39 is 9.84 Å². The number of nitrogens with one attached hydrogen (secondary N) is 2. The van der Waals surface area contributed by atoms with Crippen molar-refractivity contribution in [1.29, 1.82) is 0 Å². The number of guanidine groups is 1. The monoisotopic (exact) mass is 400 g/mol. The molecule has 0 amide bonds. The smallest absolute Gasteiger partial charge is 0.191 e. The number of sulfone groups is 1. The third kappa shape index (κ3) is 8.05. The predicted molar refractivity (Wildman–Crippen MR) is 111 cm³/mol. The second kappa shape index (κ2) is 10.3. The van der Waals surface area contributed by atoms with Gasteiger partial charge in [-0.2, -0.15) is 0 Å². The van der Waals surface area contributed by atoms with E-state index in [9.17, 15) is 8.42 Å². The molecule has 0 spiro atoms. The molecule has 2 heterocycles. The van der Waals surface area contributed by atoms with Crippen LogP contribution >= 0.6 is 11.3 Å². The molecule has 0 saturated carbocycles. The van der Waals surface area contributed by atoms with Gasteiger partial charge in [0, 0.05) is 43.9 Å². The summed E-state index contributed by atoms with van der Waals surface area (Å²) in [5, 5.41) is 8.84. The zero-order chi connectivity index (χ0) is 19.0. The van der Waals surface area contributed by atoms with Crippen molar-refractivity contribution in [1.82, 2.24) is 15.5 Å². The topological polar surface area (TPSA) is 73.8 Å². The van der Waals surface area contributed by atoms with Gasteiger partial charge in [-0.1, -0.05) is 6.07 Å². The Morgan fingerprint density at radius 2 is 2.31 bits per heavy atom. The van der Waals surface area contributed by atoms with Crippen LogP contribution in [0.4, 0.5) is 0 Å². The van der Waals surface area contributed by atoms with Crippen molar-refractivity contribution in [2.75, 3.05) is 38.7 Å². The molecule has 2 rings (SSSR count). The summed E-state index contributed by atoms with van der Waals surface area (Å²) in [7, 11) is -1.17. The first kappa shape index (κ1) is 21.2. The van der Waals surface area contributed by atoms with Gasteiger partial charge in [0.1, 0.15) is 9.84 Å². The SMILES string of the molecule is CN=C(NCC1CCCN(Cc2cccs2)C1)NC(C)CCS(C)(=O)=O. The molecule has 1 aliphatic heterocycles. The number of thiophene rings is 1. The highest BCUT2D eigenvalue weighted by atomic mass is 32.2. The van der Waals surface area contributed by atoms with Crippen molar-refractivity contribution in [2.45, 2.75) is 38.8 Å². The number of hydrogen-bond donors (Lipinski definition) is 2. The van der Waals surface area contributed by atoms with Gasteiger partial charge in [0.05, 0.1) is 5.75 Å². The molecule has 0 bridgehead atoms. The first-order valence-corrected chi connectivity index (χ1v) is 12.2. The van der Waals surface area contributed by atoms with Gasteiger partial charge in [-0.3, -0.25) is 9.89 Å². The lowest BCUT2D eigenvalue weighted by Gasteiger charge is -2.33. The molecule has 1 fully saturated rings. The lowest BCUT2D eigenvalue weighted by Crippen LogP contribution is -2.46. The Hall–Kier alpha value is -1.12. The highest BCUT2D eigenvalue weighted by Crippen LogP contribution is 2.19. The van der Waals surface area contributed by atoms with Crippen LogP contribution in [0.2, 0.25) is 0 Å². The van der Waals surface area contributed by atoms with E-state index >= 15 is 0 Å². The fourth-order valence-corrected chi connectivity index (χ4v) is 4.74.